The Bertz CT molecular complexity index is 735. The van der Waals surface area contributed by atoms with Gasteiger partial charge in [-0.1, -0.05) is 18.2 Å². The number of esters is 1. The zero-order valence-electron chi connectivity index (χ0n) is 17.3. The molecular formula is C19H27N2O8S-. The van der Waals surface area contributed by atoms with Gasteiger partial charge in [-0.15, -0.1) is 0 Å². The normalized spacial score (nSPS) is 13.1. The topological polar surface area (TPSA) is 148 Å². The van der Waals surface area contributed by atoms with Crippen LogP contribution < -0.4 is 10.5 Å². The third-order valence-electron chi connectivity index (χ3n) is 3.70. The summed E-state index contributed by atoms with van der Waals surface area (Å²) in [5.74, 6) is -1.52. The minimum absolute atomic E-state index is 0.117. The molecule has 0 aromatic heterocycles. The molecule has 0 bridgehead atoms. The monoisotopic (exact) mass is 443 g/mol. The number of amides is 1. The summed E-state index contributed by atoms with van der Waals surface area (Å²) in [6.07, 6.45) is -0.283. The van der Waals surface area contributed by atoms with Crippen LogP contribution in [0.2, 0.25) is 0 Å². The van der Waals surface area contributed by atoms with Gasteiger partial charge in [0.2, 0.25) is 6.10 Å². The second-order valence-electron chi connectivity index (χ2n) is 7.32. The van der Waals surface area contributed by atoms with Crippen LogP contribution >= 0.6 is 11.8 Å². The van der Waals surface area contributed by atoms with Gasteiger partial charge in [-0.05, 0) is 51.7 Å². The molecule has 2 atom stereocenters. The molecule has 10 nitrogen and oxygen atoms in total. The van der Waals surface area contributed by atoms with Gasteiger partial charge in [0.05, 0.1) is 5.69 Å². The lowest BCUT2D eigenvalue weighted by molar-refractivity contribution is -0.165. The quantitative estimate of drug-likeness (QED) is 0.280. The SMILES string of the molecule is CSCCC[C@H](NC(=O)OC(C(=O)OC(C)(C)C)c1ccccc1N([O-])O)C(=O)O. The zero-order valence-corrected chi connectivity index (χ0v) is 18.1. The summed E-state index contributed by atoms with van der Waals surface area (Å²) in [7, 11) is 0. The fourth-order valence-corrected chi connectivity index (χ4v) is 2.91. The van der Waals surface area contributed by atoms with E-state index in [-0.39, 0.29) is 17.7 Å². The Morgan fingerprint density at radius 3 is 2.43 bits per heavy atom. The number of carbonyl (C=O) groups excluding carboxylic acids is 2. The molecule has 0 aliphatic carbocycles. The van der Waals surface area contributed by atoms with Gasteiger partial charge in [-0.3, -0.25) is 5.21 Å². The molecule has 0 radical (unpaired) electrons. The summed E-state index contributed by atoms with van der Waals surface area (Å²) < 4.78 is 10.4. The highest BCUT2D eigenvalue weighted by Crippen LogP contribution is 2.30. The summed E-state index contributed by atoms with van der Waals surface area (Å²) >= 11 is 1.54. The standard InChI is InChI=1S/C19H27N2O8S/c1-19(2,3)29-17(24)15(12-8-5-6-10-14(12)21(26)27)28-18(25)20-13(16(22)23)9-7-11-30-4/h5-6,8,10,13,15,26H,7,9,11H2,1-4H3,(H,20,25)(H,22,23)/q-1/t13-,15?/m0/s1. The van der Waals surface area contributed by atoms with E-state index in [1.807, 2.05) is 6.26 Å². The Morgan fingerprint density at radius 2 is 1.90 bits per heavy atom. The Hall–Kier alpha value is -2.50. The van der Waals surface area contributed by atoms with Crippen molar-refractivity contribution < 1.29 is 34.2 Å². The van der Waals surface area contributed by atoms with Crippen LogP contribution in [0.1, 0.15) is 45.3 Å². The number of hydrogen-bond acceptors (Lipinski definition) is 9. The molecule has 0 fully saturated rings. The van der Waals surface area contributed by atoms with Crippen molar-refractivity contribution in [1.29, 1.82) is 0 Å². The number of hydrogen-bond donors (Lipinski definition) is 3. The number of carboxylic acid groups (broad SMARTS) is 1. The largest absolute Gasteiger partial charge is 0.733 e. The van der Waals surface area contributed by atoms with Crippen molar-refractivity contribution in [3.05, 3.63) is 35.0 Å². The molecule has 0 aliphatic rings. The van der Waals surface area contributed by atoms with Crippen LogP contribution in [0, 0.1) is 5.21 Å². The number of nitrogens with one attached hydrogen (secondary N) is 1. The highest BCUT2D eigenvalue weighted by molar-refractivity contribution is 7.98. The van der Waals surface area contributed by atoms with E-state index in [4.69, 9.17) is 9.47 Å². The van der Waals surface area contributed by atoms with Crippen LogP contribution in [0.15, 0.2) is 24.3 Å². The number of carbonyl (C=O) groups is 3. The molecule has 1 aromatic rings. The van der Waals surface area contributed by atoms with Crippen molar-refractivity contribution in [3.8, 4) is 0 Å². The van der Waals surface area contributed by atoms with Crippen LogP contribution in [0.5, 0.6) is 0 Å². The molecule has 0 aliphatic heterocycles. The first-order valence-corrected chi connectivity index (χ1v) is 10.5. The van der Waals surface area contributed by atoms with E-state index in [1.54, 1.807) is 20.8 Å². The van der Waals surface area contributed by atoms with Crippen molar-refractivity contribution in [1.82, 2.24) is 5.32 Å². The van der Waals surface area contributed by atoms with Crippen molar-refractivity contribution in [2.75, 3.05) is 17.2 Å². The first kappa shape index (κ1) is 25.5. The van der Waals surface area contributed by atoms with Crippen molar-refractivity contribution >= 4 is 35.5 Å². The molecule has 0 saturated heterocycles. The maximum atomic E-state index is 12.7. The Labute approximate surface area is 179 Å². The summed E-state index contributed by atoms with van der Waals surface area (Å²) in [5, 5.41) is 31.8. The molecular weight excluding hydrogens is 416 g/mol. The average molecular weight is 443 g/mol. The molecule has 0 spiro atoms. The van der Waals surface area contributed by atoms with E-state index >= 15 is 0 Å². The van der Waals surface area contributed by atoms with Crippen LogP contribution in [0.25, 0.3) is 0 Å². The fourth-order valence-electron chi connectivity index (χ4n) is 2.45. The molecule has 30 heavy (non-hydrogen) atoms. The van der Waals surface area contributed by atoms with Crippen LogP contribution in [-0.4, -0.2) is 52.0 Å². The van der Waals surface area contributed by atoms with E-state index in [0.717, 1.165) is 0 Å². The summed E-state index contributed by atoms with van der Waals surface area (Å²) in [6, 6.07) is 4.24. The predicted octanol–water partition coefficient (Wildman–Crippen LogP) is 3.09. The number of aliphatic carboxylic acids is 1. The van der Waals surface area contributed by atoms with Crippen LogP contribution in [-0.2, 0) is 19.1 Å². The fraction of sp³-hybridized carbons (Fsp3) is 0.526. The summed E-state index contributed by atoms with van der Waals surface area (Å²) in [6.45, 7) is 4.81. The lowest BCUT2D eigenvalue weighted by atomic mass is 10.1. The number of thioether (sulfide) groups is 1. The summed E-state index contributed by atoms with van der Waals surface area (Å²) in [4.78, 5) is 36.4. The van der Waals surface area contributed by atoms with Gasteiger partial charge in [0, 0.05) is 5.56 Å². The first-order chi connectivity index (χ1) is 14.0. The Balaban J connectivity index is 3.10. The molecule has 1 rings (SSSR count). The number of carboxylic acids is 1. The van der Waals surface area contributed by atoms with Gasteiger partial charge in [-0.25, -0.2) is 14.4 Å². The molecule has 3 N–H and O–H groups in total. The lowest BCUT2D eigenvalue weighted by Gasteiger charge is -2.29. The number of ether oxygens (including phenoxy) is 2. The maximum Gasteiger partial charge on any atom is 0.409 e. The van der Waals surface area contributed by atoms with Crippen LogP contribution in [0.4, 0.5) is 10.5 Å². The van der Waals surface area contributed by atoms with E-state index in [9.17, 15) is 29.9 Å². The highest BCUT2D eigenvalue weighted by Gasteiger charge is 2.33. The van der Waals surface area contributed by atoms with E-state index in [1.165, 1.54) is 36.0 Å². The van der Waals surface area contributed by atoms with Crippen molar-refractivity contribution in [3.63, 3.8) is 0 Å². The first-order valence-electron chi connectivity index (χ1n) is 9.13. The Kier molecular flexibility index (Phi) is 9.90. The van der Waals surface area contributed by atoms with Gasteiger partial charge in [-0.2, -0.15) is 11.8 Å². The molecule has 0 saturated carbocycles. The van der Waals surface area contributed by atoms with Gasteiger partial charge in [0.25, 0.3) is 0 Å². The molecule has 0 heterocycles. The number of alkyl carbamates (subject to hydrolysis) is 1. The highest BCUT2D eigenvalue weighted by atomic mass is 32.2. The van der Waals surface area contributed by atoms with Gasteiger partial charge >= 0.3 is 18.0 Å². The van der Waals surface area contributed by atoms with Gasteiger partial charge < -0.3 is 30.3 Å². The molecule has 168 valence electrons. The molecule has 1 aromatic carbocycles. The predicted molar refractivity (Wildman–Crippen MR) is 111 cm³/mol. The third-order valence-corrected chi connectivity index (χ3v) is 4.40. The van der Waals surface area contributed by atoms with Gasteiger partial charge in [0.1, 0.15) is 11.6 Å². The van der Waals surface area contributed by atoms with E-state index in [2.05, 4.69) is 5.32 Å². The molecule has 11 heteroatoms. The third kappa shape index (κ3) is 8.47. The smallest absolute Gasteiger partial charge is 0.409 e. The number of benzene rings is 1. The van der Waals surface area contributed by atoms with Gasteiger partial charge in [0.15, 0.2) is 0 Å². The Morgan fingerprint density at radius 1 is 1.27 bits per heavy atom. The average Bonchev–Trinajstić information content (AvgIpc) is 2.63. The number of rotatable bonds is 10. The molecule has 1 unspecified atom stereocenters. The number of nitrogens with zero attached hydrogens (tertiary/aromatic N) is 1. The minimum atomic E-state index is -1.70. The lowest BCUT2D eigenvalue weighted by Crippen LogP contribution is -2.42. The minimum Gasteiger partial charge on any atom is -0.733 e. The summed E-state index contributed by atoms with van der Waals surface area (Å²) in [5.41, 5.74) is -1.37. The van der Waals surface area contributed by atoms with Crippen molar-refractivity contribution in [2.24, 2.45) is 0 Å². The zero-order chi connectivity index (χ0) is 22.9. The molecule has 1 amide bonds. The number of para-hydroxylation sites is 1. The maximum absolute atomic E-state index is 12.7. The van der Waals surface area contributed by atoms with E-state index < -0.39 is 41.0 Å². The van der Waals surface area contributed by atoms with Crippen LogP contribution in [0.3, 0.4) is 0 Å². The van der Waals surface area contributed by atoms with Crippen molar-refractivity contribution in [2.45, 2.75) is 51.4 Å². The second kappa shape index (κ2) is 11.6. The second-order valence-corrected chi connectivity index (χ2v) is 8.31. The number of anilines is 1. The van der Waals surface area contributed by atoms with E-state index in [0.29, 0.717) is 12.2 Å².